The Hall–Kier alpha value is -2.23. The summed E-state index contributed by atoms with van der Waals surface area (Å²) in [5, 5.41) is 0. The fourth-order valence-corrected chi connectivity index (χ4v) is 1.99. The van der Waals surface area contributed by atoms with Gasteiger partial charge in [-0.3, -0.25) is 0 Å². The monoisotopic (exact) mass is 242 g/mol. The van der Waals surface area contributed by atoms with Crippen LogP contribution in [-0.2, 0) is 0 Å². The van der Waals surface area contributed by atoms with E-state index >= 15 is 0 Å². The molecule has 0 saturated carbocycles. The molecule has 1 unspecified atom stereocenters. The molecule has 2 heterocycles. The third kappa shape index (κ3) is 1.97. The summed E-state index contributed by atoms with van der Waals surface area (Å²) in [6.45, 7) is 2.88. The van der Waals surface area contributed by atoms with Gasteiger partial charge in [-0.05, 0) is 12.1 Å². The Bertz CT molecular complexity index is 567. The smallest absolute Gasteiger partial charge is 0.219 e. The largest absolute Gasteiger partial charge is 0.493 e. The van der Waals surface area contributed by atoms with Crippen molar-refractivity contribution in [1.82, 2.24) is 4.98 Å². The van der Waals surface area contributed by atoms with Gasteiger partial charge in [-0.15, -0.1) is 0 Å². The molecule has 4 heteroatoms. The summed E-state index contributed by atoms with van der Waals surface area (Å²) in [7, 11) is 0. The summed E-state index contributed by atoms with van der Waals surface area (Å²) in [5.41, 5.74) is 7.42. The van der Waals surface area contributed by atoms with Crippen molar-refractivity contribution in [3.05, 3.63) is 42.1 Å². The van der Waals surface area contributed by atoms with Crippen molar-refractivity contribution in [1.29, 1.82) is 0 Å². The molecule has 2 N–H and O–H groups in total. The summed E-state index contributed by atoms with van der Waals surface area (Å²) in [5.74, 6) is 2.59. The topological polar surface area (TPSA) is 57.4 Å². The molecule has 0 saturated heterocycles. The molecule has 1 aromatic carbocycles. The molecular weight excluding hydrogens is 228 g/mol. The number of fused-ring (bicyclic) bond motifs is 1. The van der Waals surface area contributed by atoms with Crippen LogP contribution < -0.4 is 15.2 Å². The number of ether oxygens (including phenoxy) is 2. The number of hydrogen-bond acceptors (Lipinski definition) is 4. The van der Waals surface area contributed by atoms with E-state index in [0.29, 0.717) is 17.5 Å². The molecule has 3 rings (SSSR count). The first-order valence-corrected chi connectivity index (χ1v) is 5.88. The number of nitrogen functional groups attached to an aromatic ring is 1. The zero-order valence-corrected chi connectivity index (χ0v) is 10.1. The lowest BCUT2D eigenvalue weighted by molar-refractivity contribution is 0.336. The van der Waals surface area contributed by atoms with Crippen molar-refractivity contribution >= 4 is 5.69 Å². The number of pyridine rings is 1. The van der Waals surface area contributed by atoms with Gasteiger partial charge < -0.3 is 15.2 Å². The van der Waals surface area contributed by atoms with Crippen LogP contribution in [0.15, 0.2) is 36.5 Å². The minimum atomic E-state index is 0.448. The van der Waals surface area contributed by atoms with Gasteiger partial charge in [0.15, 0.2) is 0 Å². The number of nitrogens with zero attached hydrogens (tertiary/aromatic N) is 1. The van der Waals surface area contributed by atoms with E-state index < -0.39 is 0 Å². The number of rotatable bonds is 2. The standard InChI is InChI=1S/C14H14N2O2/c1-9-8-17-13-6-11(3-4-12(9)13)18-14-5-2-10(15)7-16-14/h2-7,9H,8,15H2,1H3. The van der Waals surface area contributed by atoms with E-state index in [-0.39, 0.29) is 0 Å². The van der Waals surface area contributed by atoms with Crippen LogP contribution in [0.2, 0.25) is 0 Å². The molecular formula is C14H14N2O2. The van der Waals surface area contributed by atoms with E-state index in [1.54, 1.807) is 18.3 Å². The second-order valence-electron chi connectivity index (χ2n) is 4.44. The maximum atomic E-state index is 5.65. The average Bonchev–Trinajstić information content (AvgIpc) is 2.74. The normalized spacial score (nSPS) is 17.1. The van der Waals surface area contributed by atoms with Gasteiger partial charge in [0.25, 0.3) is 0 Å². The Kier molecular flexibility index (Phi) is 2.55. The molecule has 4 nitrogen and oxygen atoms in total. The molecule has 1 atom stereocenters. The van der Waals surface area contributed by atoms with E-state index in [1.165, 1.54) is 5.56 Å². The zero-order chi connectivity index (χ0) is 12.5. The van der Waals surface area contributed by atoms with Crippen LogP contribution in [0.4, 0.5) is 5.69 Å². The van der Waals surface area contributed by atoms with Crippen molar-refractivity contribution in [2.45, 2.75) is 12.8 Å². The first-order chi connectivity index (χ1) is 8.72. The molecule has 0 aliphatic carbocycles. The molecule has 0 spiro atoms. The Morgan fingerprint density at radius 3 is 3.00 bits per heavy atom. The minimum Gasteiger partial charge on any atom is -0.493 e. The van der Waals surface area contributed by atoms with Gasteiger partial charge in [-0.1, -0.05) is 13.0 Å². The van der Waals surface area contributed by atoms with E-state index in [9.17, 15) is 0 Å². The van der Waals surface area contributed by atoms with E-state index in [0.717, 1.165) is 18.1 Å². The molecule has 0 fully saturated rings. The number of benzene rings is 1. The molecule has 2 aromatic rings. The maximum Gasteiger partial charge on any atom is 0.219 e. The lowest BCUT2D eigenvalue weighted by Crippen LogP contribution is -1.93. The van der Waals surface area contributed by atoms with Gasteiger partial charge in [0.05, 0.1) is 18.5 Å². The summed E-state index contributed by atoms with van der Waals surface area (Å²) < 4.78 is 11.2. The SMILES string of the molecule is CC1COc2cc(Oc3ccc(N)cn3)ccc21. The molecule has 18 heavy (non-hydrogen) atoms. The fourth-order valence-electron chi connectivity index (χ4n) is 1.99. The van der Waals surface area contributed by atoms with Gasteiger partial charge in [0.2, 0.25) is 5.88 Å². The fraction of sp³-hybridized carbons (Fsp3) is 0.214. The number of aromatic nitrogens is 1. The Morgan fingerprint density at radius 2 is 2.22 bits per heavy atom. The van der Waals surface area contributed by atoms with Crippen LogP contribution >= 0.6 is 0 Å². The highest BCUT2D eigenvalue weighted by atomic mass is 16.5. The Labute approximate surface area is 105 Å². The lowest BCUT2D eigenvalue weighted by Gasteiger charge is -2.07. The third-order valence-corrected chi connectivity index (χ3v) is 2.99. The number of hydrogen-bond donors (Lipinski definition) is 1. The van der Waals surface area contributed by atoms with Crippen molar-refractivity contribution in [2.75, 3.05) is 12.3 Å². The summed E-state index contributed by atoms with van der Waals surface area (Å²) >= 11 is 0. The molecule has 0 bridgehead atoms. The van der Waals surface area contributed by atoms with Crippen LogP contribution in [0.5, 0.6) is 17.4 Å². The summed E-state index contributed by atoms with van der Waals surface area (Å²) in [6, 6.07) is 9.37. The maximum absolute atomic E-state index is 5.65. The van der Waals surface area contributed by atoms with Crippen LogP contribution in [0.25, 0.3) is 0 Å². The highest BCUT2D eigenvalue weighted by molar-refractivity contribution is 5.46. The Balaban J connectivity index is 1.84. The number of nitrogens with two attached hydrogens (primary N) is 1. The zero-order valence-electron chi connectivity index (χ0n) is 10.1. The second kappa shape index (κ2) is 4.22. The quantitative estimate of drug-likeness (QED) is 0.879. The highest BCUT2D eigenvalue weighted by Gasteiger charge is 2.20. The average molecular weight is 242 g/mol. The predicted molar refractivity (Wildman–Crippen MR) is 69.1 cm³/mol. The van der Waals surface area contributed by atoms with Gasteiger partial charge in [0, 0.05) is 23.6 Å². The number of anilines is 1. The van der Waals surface area contributed by atoms with Crippen LogP contribution in [0.1, 0.15) is 18.4 Å². The van der Waals surface area contributed by atoms with Crippen molar-refractivity contribution in [2.24, 2.45) is 0 Å². The summed E-state index contributed by atoms with van der Waals surface area (Å²) in [6.07, 6.45) is 1.57. The molecule has 1 aliphatic heterocycles. The Morgan fingerprint density at radius 1 is 1.33 bits per heavy atom. The third-order valence-electron chi connectivity index (χ3n) is 2.99. The van der Waals surface area contributed by atoms with Gasteiger partial charge in [-0.2, -0.15) is 0 Å². The first-order valence-electron chi connectivity index (χ1n) is 5.88. The van der Waals surface area contributed by atoms with Gasteiger partial charge >= 0.3 is 0 Å². The summed E-state index contributed by atoms with van der Waals surface area (Å²) in [4.78, 5) is 4.09. The van der Waals surface area contributed by atoms with E-state index in [4.69, 9.17) is 15.2 Å². The predicted octanol–water partition coefficient (Wildman–Crippen LogP) is 2.95. The van der Waals surface area contributed by atoms with E-state index in [1.807, 2.05) is 18.2 Å². The van der Waals surface area contributed by atoms with Crippen molar-refractivity contribution in [3.8, 4) is 17.4 Å². The molecule has 0 amide bonds. The minimum absolute atomic E-state index is 0.448. The molecule has 1 aromatic heterocycles. The molecule has 0 radical (unpaired) electrons. The highest BCUT2D eigenvalue weighted by Crippen LogP contribution is 2.37. The first kappa shape index (κ1) is 10.9. The molecule has 1 aliphatic rings. The lowest BCUT2D eigenvalue weighted by atomic mass is 10.0. The molecule has 92 valence electrons. The van der Waals surface area contributed by atoms with Crippen LogP contribution in [0.3, 0.4) is 0 Å². The van der Waals surface area contributed by atoms with Crippen LogP contribution in [0, 0.1) is 0 Å². The van der Waals surface area contributed by atoms with Gasteiger partial charge in [-0.25, -0.2) is 4.98 Å². The van der Waals surface area contributed by atoms with Gasteiger partial charge in [0.1, 0.15) is 11.5 Å². The van der Waals surface area contributed by atoms with E-state index in [2.05, 4.69) is 11.9 Å². The van der Waals surface area contributed by atoms with Crippen molar-refractivity contribution < 1.29 is 9.47 Å². The van der Waals surface area contributed by atoms with Crippen LogP contribution in [-0.4, -0.2) is 11.6 Å². The second-order valence-corrected chi connectivity index (χ2v) is 4.44. The van der Waals surface area contributed by atoms with Crippen molar-refractivity contribution in [3.63, 3.8) is 0 Å².